The van der Waals surface area contributed by atoms with Gasteiger partial charge in [0, 0.05) is 7.11 Å². The predicted molar refractivity (Wildman–Crippen MR) is 75.8 cm³/mol. The van der Waals surface area contributed by atoms with Gasteiger partial charge in [0.2, 0.25) is 0 Å². The molecule has 0 aromatic rings. The zero-order valence-electron chi connectivity index (χ0n) is 12.9. The first-order valence-corrected chi connectivity index (χ1v) is 9.93. The van der Waals surface area contributed by atoms with Crippen molar-refractivity contribution >= 4 is 14.1 Å². The normalized spacial score (nSPS) is 35.8. The number of ether oxygens (including phenoxy) is 2. The summed E-state index contributed by atoms with van der Waals surface area (Å²) in [6, 6.07) is 0. The lowest BCUT2D eigenvalue weighted by Gasteiger charge is -2.42. The van der Waals surface area contributed by atoms with E-state index in [1.807, 2.05) is 0 Å². The van der Waals surface area contributed by atoms with Gasteiger partial charge in [-0.2, -0.15) is 0 Å². The summed E-state index contributed by atoms with van der Waals surface area (Å²) in [5.74, 6) is 0.0740. The molecule has 0 amide bonds. The Morgan fingerprint density at radius 1 is 1.37 bits per heavy atom. The van der Waals surface area contributed by atoms with Crippen LogP contribution in [0.2, 0.25) is 18.1 Å². The van der Waals surface area contributed by atoms with Crippen LogP contribution >= 0.6 is 0 Å². The Hall–Kier alpha value is -0.233. The number of methoxy groups -OCH3 is 1. The first kappa shape index (κ1) is 15.2. The van der Waals surface area contributed by atoms with Crippen molar-refractivity contribution in [2.24, 2.45) is 0 Å². The van der Waals surface area contributed by atoms with Gasteiger partial charge in [0.25, 0.3) is 0 Å². The molecule has 1 saturated heterocycles. The SMILES string of the molecule is CO[C@H]1C(=O)[C@]2(CC[C@H]1O[Si](C)(C)C(C)(C)C)CO2. The highest BCUT2D eigenvalue weighted by Crippen LogP contribution is 2.44. The molecule has 0 unspecified atom stereocenters. The molecule has 0 bridgehead atoms. The number of carbonyl (C=O) groups is 1. The summed E-state index contributed by atoms with van der Waals surface area (Å²) in [7, 11) is -0.290. The molecule has 19 heavy (non-hydrogen) atoms. The zero-order valence-corrected chi connectivity index (χ0v) is 13.9. The van der Waals surface area contributed by atoms with Gasteiger partial charge in [0.1, 0.15) is 6.10 Å². The van der Waals surface area contributed by atoms with Gasteiger partial charge in [-0.3, -0.25) is 4.79 Å². The van der Waals surface area contributed by atoms with E-state index in [0.29, 0.717) is 6.61 Å². The van der Waals surface area contributed by atoms with Gasteiger partial charge in [-0.1, -0.05) is 20.8 Å². The van der Waals surface area contributed by atoms with E-state index in [4.69, 9.17) is 13.9 Å². The molecular weight excluding hydrogens is 260 g/mol. The molecule has 1 saturated carbocycles. The van der Waals surface area contributed by atoms with Crippen molar-refractivity contribution in [1.82, 2.24) is 0 Å². The standard InChI is InChI=1S/C14H26O4Si/c1-13(2,3)19(5,6)18-10-7-8-14(9-17-14)12(15)11(10)16-4/h10-11H,7-9H2,1-6H3/t10-,11-,14+/m1/s1. The van der Waals surface area contributed by atoms with Crippen LogP contribution in [-0.4, -0.2) is 45.6 Å². The van der Waals surface area contributed by atoms with E-state index in [9.17, 15) is 4.79 Å². The third kappa shape index (κ3) is 2.66. The van der Waals surface area contributed by atoms with Crippen molar-refractivity contribution < 1.29 is 18.7 Å². The molecular formula is C14H26O4Si. The van der Waals surface area contributed by atoms with E-state index in [0.717, 1.165) is 12.8 Å². The second-order valence-electron chi connectivity index (χ2n) is 7.26. The smallest absolute Gasteiger partial charge is 0.198 e. The second kappa shape index (κ2) is 4.65. The molecule has 2 aliphatic rings. The van der Waals surface area contributed by atoms with Crippen molar-refractivity contribution in [3.05, 3.63) is 0 Å². The molecule has 1 aliphatic carbocycles. The van der Waals surface area contributed by atoms with Crippen molar-refractivity contribution in [3.8, 4) is 0 Å². The van der Waals surface area contributed by atoms with E-state index < -0.39 is 20.0 Å². The van der Waals surface area contributed by atoms with E-state index in [1.165, 1.54) is 0 Å². The van der Waals surface area contributed by atoms with Crippen molar-refractivity contribution in [1.29, 1.82) is 0 Å². The van der Waals surface area contributed by atoms with Crippen molar-refractivity contribution in [2.45, 2.75) is 69.6 Å². The summed E-state index contributed by atoms with van der Waals surface area (Å²) in [5.41, 5.74) is -0.534. The Morgan fingerprint density at radius 3 is 2.37 bits per heavy atom. The molecule has 0 radical (unpaired) electrons. The third-order valence-corrected chi connectivity index (χ3v) is 9.38. The number of Topliss-reactive ketones (excluding diaryl/α,β-unsaturated/α-hetero) is 1. The minimum atomic E-state index is -1.88. The highest BCUT2D eigenvalue weighted by Gasteiger charge is 2.59. The van der Waals surface area contributed by atoms with Crippen LogP contribution in [0.15, 0.2) is 0 Å². The van der Waals surface area contributed by atoms with Crippen LogP contribution in [-0.2, 0) is 18.7 Å². The maximum Gasteiger partial charge on any atom is 0.198 e. The largest absolute Gasteiger partial charge is 0.411 e. The Kier molecular flexibility index (Phi) is 3.71. The summed E-state index contributed by atoms with van der Waals surface area (Å²) >= 11 is 0. The molecule has 5 heteroatoms. The van der Waals surface area contributed by atoms with Gasteiger partial charge in [-0.15, -0.1) is 0 Å². The lowest BCUT2D eigenvalue weighted by Crippen LogP contribution is -2.55. The van der Waals surface area contributed by atoms with E-state index in [-0.39, 0.29) is 16.9 Å². The zero-order chi connectivity index (χ0) is 14.5. The van der Waals surface area contributed by atoms with Gasteiger partial charge in [0.05, 0.1) is 12.7 Å². The van der Waals surface area contributed by atoms with Crippen LogP contribution in [0.25, 0.3) is 0 Å². The number of epoxide rings is 1. The quantitative estimate of drug-likeness (QED) is 0.591. The molecule has 0 aromatic heterocycles. The van der Waals surface area contributed by atoms with Gasteiger partial charge in [-0.05, 0) is 31.0 Å². The first-order valence-electron chi connectivity index (χ1n) is 7.02. The number of hydrogen-bond acceptors (Lipinski definition) is 4. The highest BCUT2D eigenvalue weighted by molar-refractivity contribution is 6.74. The average molecular weight is 286 g/mol. The molecule has 110 valence electrons. The van der Waals surface area contributed by atoms with Gasteiger partial charge >= 0.3 is 0 Å². The first-order chi connectivity index (χ1) is 8.63. The van der Waals surface area contributed by atoms with Gasteiger partial charge in [0.15, 0.2) is 19.7 Å². The Balaban J connectivity index is 2.10. The van der Waals surface area contributed by atoms with E-state index in [1.54, 1.807) is 7.11 Å². The molecule has 4 nitrogen and oxygen atoms in total. The monoisotopic (exact) mass is 286 g/mol. The lowest BCUT2D eigenvalue weighted by molar-refractivity contribution is -0.145. The maximum atomic E-state index is 12.4. The Labute approximate surface area is 116 Å². The lowest BCUT2D eigenvalue weighted by atomic mass is 9.84. The predicted octanol–water partition coefficient (Wildman–Crippen LogP) is 2.52. The second-order valence-corrected chi connectivity index (χ2v) is 12.0. The molecule has 0 N–H and O–H groups in total. The van der Waals surface area contributed by atoms with Gasteiger partial charge < -0.3 is 13.9 Å². The Morgan fingerprint density at radius 2 is 1.95 bits per heavy atom. The summed E-state index contributed by atoms with van der Waals surface area (Å²) in [6.07, 6.45) is 1.03. The third-order valence-electron chi connectivity index (χ3n) is 4.88. The number of rotatable bonds is 3. The van der Waals surface area contributed by atoms with Crippen LogP contribution in [0.1, 0.15) is 33.6 Å². The van der Waals surface area contributed by atoms with Crippen LogP contribution in [0.5, 0.6) is 0 Å². The molecule has 1 spiro atoms. The fraction of sp³-hybridized carbons (Fsp3) is 0.929. The van der Waals surface area contributed by atoms with E-state index >= 15 is 0 Å². The topological polar surface area (TPSA) is 48.1 Å². The number of carbonyl (C=O) groups excluding carboxylic acids is 1. The minimum absolute atomic E-state index is 0.0740. The van der Waals surface area contributed by atoms with Gasteiger partial charge in [-0.25, -0.2) is 0 Å². The van der Waals surface area contributed by atoms with E-state index in [2.05, 4.69) is 33.9 Å². The fourth-order valence-corrected chi connectivity index (χ4v) is 3.74. The summed E-state index contributed by atoms with van der Waals surface area (Å²) in [6.45, 7) is 11.6. The average Bonchev–Trinajstić information content (AvgIpc) is 3.04. The molecule has 2 rings (SSSR count). The highest BCUT2D eigenvalue weighted by atomic mass is 28.4. The van der Waals surface area contributed by atoms with Crippen molar-refractivity contribution in [3.63, 3.8) is 0 Å². The van der Waals surface area contributed by atoms with Crippen LogP contribution in [0, 0.1) is 0 Å². The van der Waals surface area contributed by atoms with Crippen molar-refractivity contribution in [2.75, 3.05) is 13.7 Å². The number of ketones is 1. The molecule has 1 aliphatic heterocycles. The molecule has 2 fully saturated rings. The minimum Gasteiger partial charge on any atom is -0.411 e. The fourth-order valence-electron chi connectivity index (χ4n) is 2.39. The summed E-state index contributed by atoms with van der Waals surface area (Å²) in [4.78, 5) is 12.4. The molecule has 0 aromatic carbocycles. The van der Waals surface area contributed by atoms with Crippen LogP contribution in [0.4, 0.5) is 0 Å². The summed E-state index contributed by atoms with van der Waals surface area (Å²) in [5, 5.41) is 0.138. The van der Waals surface area contributed by atoms with Crippen LogP contribution < -0.4 is 0 Å². The molecule has 3 atom stereocenters. The molecule has 1 heterocycles. The van der Waals surface area contributed by atoms with Crippen LogP contribution in [0.3, 0.4) is 0 Å². The summed E-state index contributed by atoms with van der Waals surface area (Å²) < 4.78 is 17.1. The number of hydrogen-bond donors (Lipinski definition) is 0. The Bertz CT molecular complexity index is 368. The maximum absolute atomic E-state index is 12.4.